The van der Waals surface area contributed by atoms with E-state index in [0.29, 0.717) is 19.6 Å². The molecule has 2 heterocycles. The fraction of sp³-hybridized carbons (Fsp3) is 0.600. The van der Waals surface area contributed by atoms with Crippen LogP contribution in [-0.2, 0) is 4.74 Å². The number of rotatable bonds is 3. The predicted molar refractivity (Wildman–Crippen MR) is 70.6 cm³/mol. The molecule has 104 valence electrons. The first-order valence-electron chi connectivity index (χ1n) is 7.02. The van der Waals surface area contributed by atoms with E-state index >= 15 is 0 Å². The van der Waals surface area contributed by atoms with Crippen molar-refractivity contribution in [1.29, 1.82) is 0 Å². The van der Waals surface area contributed by atoms with Crippen LogP contribution in [0.4, 0.5) is 0 Å². The second kappa shape index (κ2) is 5.80. The van der Waals surface area contributed by atoms with E-state index in [1.54, 1.807) is 0 Å². The molecule has 1 N–H and O–H groups in total. The quantitative estimate of drug-likeness (QED) is 0.911. The van der Waals surface area contributed by atoms with E-state index in [4.69, 9.17) is 14.2 Å². The Balaban J connectivity index is 1.67. The third kappa shape index (κ3) is 3.01. The Kier molecular flexibility index (Phi) is 3.89. The molecule has 0 aliphatic carbocycles. The summed E-state index contributed by atoms with van der Waals surface area (Å²) in [5.74, 6) is 1.49. The van der Waals surface area contributed by atoms with Crippen LogP contribution in [0.2, 0.25) is 0 Å². The molecule has 0 aromatic heterocycles. The standard InChI is InChI=1S/C15H20O4/c16-13(10-12-3-1-2-6-17-12)11-4-5-14-15(9-11)19-8-7-18-14/h4-5,9,12-13,16H,1-3,6-8,10H2. The summed E-state index contributed by atoms with van der Waals surface area (Å²) in [5.41, 5.74) is 0.874. The minimum Gasteiger partial charge on any atom is -0.486 e. The number of fused-ring (bicyclic) bond motifs is 1. The van der Waals surface area contributed by atoms with Crippen LogP contribution in [0.25, 0.3) is 0 Å². The van der Waals surface area contributed by atoms with Crippen LogP contribution in [0.5, 0.6) is 11.5 Å². The fourth-order valence-corrected chi connectivity index (χ4v) is 2.65. The van der Waals surface area contributed by atoms with Gasteiger partial charge in [-0.3, -0.25) is 0 Å². The van der Waals surface area contributed by atoms with Crippen LogP contribution in [0.1, 0.15) is 37.4 Å². The second-order valence-electron chi connectivity index (χ2n) is 5.14. The zero-order chi connectivity index (χ0) is 13.1. The van der Waals surface area contributed by atoms with Crippen LogP contribution in [0.15, 0.2) is 18.2 Å². The van der Waals surface area contributed by atoms with Crippen LogP contribution < -0.4 is 9.47 Å². The highest BCUT2D eigenvalue weighted by Crippen LogP contribution is 2.34. The Morgan fingerprint density at radius 2 is 1.95 bits per heavy atom. The van der Waals surface area contributed by atoms with Crippen molar-refractivity contribution in [1.82, 2.24) is 0 Å². The summed E-state index contributed by atoms with van der Waals surface area (Å²) in [5, 5.41) is 10.3. The molecule has 19 heavy (non-hydrogen) atoms. The van der Waals surface area contributed by atoms with Gasteiger partial charge in [-0.1, -0.05) is 6.07 Å². The van der Waals surface area contributed by atoms with Crippen molar-refractivity contribution in [2.24, 2.45) is 0 Å². The topological polar surface area (TPSA) is 47.9 Å². The number of hydrogen-bond donors (Lipinski definition) is 1. The van der Waals surface area contributed by atoms with Gasteiger partial charge in [0.15, 0.2) is 11.5 Å². The molecule has 1 aromatic rings. The van der Waals surface area contributed by atoms with Crippen LogP contribution >= 0.6 is 0 Å². The molecule has 2 unspecified atom stereocenters. The molecular weight excluding hydrogens is 244 g/mol. The van der Waals surface area contributed by atoms with Crippen molar-refractivity contribution >= 4 is 0 Å². The maximum absolute atomic E-state index is 10.3. The summed E-state index contributed by atoms with van der Waals surface area (Å²) in [6.07, 6.45) is 3.70. The molecule has 1 aromatic carbocycles. The van der Waals surface area contributed by atoms with Gasteiger partial charge in [-0.2, -0.15) is 0 Å². The number of aliphatic hydroxyl groups is 1. The minimum atomic E-state index is -0.501. The molecule has 1 fully saturated rings. The van der Waals surface area contributed by atoms with Gasteiger partial charge in [0.1, 0.15) is 13.2 Å². The van der Waals surface area contributed by atoms with Crippen LogP contribution in [0.3, 0.4) is 0 Å². The number of ether oxygens (including phenoxy) is 3. The van der Waals surface area contributed by atoms with Gasteiger partial charge in [0, 0.05) is 13.0 Å². The summed E-state index contributed by atoms with van der Waals surface area (Å²) in [6, 6.07) is 5.65. The molecule has 4 nitrogen and oxygen atoms in total. The lowest BCUT2D eigenvalue weighted by atomic mass is 9.98. The van der Waals surface area contributed by atoms with Crippen molar-refractivity contribution in [3.8, 4) is 11.5 Å². The molecule has 0 radical (unpaired) electrons. The van der Waals surface area contributed by atoms with Gasteiger partial charge in [-0.05, 0) is 37.0 Å². The van der Waals surface area contributed by atoms with Gasteiger partial charge in [-0.25, -0.2) is 0 Å². The molecule has 0 saturated carbocycles. The Morgan fingerprint density at radius 3 is 2.74 bits per heavy atom. The Labute approximate surface area is 113 Å². The lowest BCUT2D eigenvalue weighted by molar-refractivity contribution is -0.0156. The molecule has 0 amide bonds. The average Bonchev–Trinajstić information content (AvgIpc) is 2.48. The van der Waals surface area contributed by atoms with Crippen molar-refractivity contribution < 1.29 is 19.3 Å². The van der Waals surface area contributed by atoms with Gasteiger partial charge >= 0.3 is 0 Å². The Hall–Kier alpha value is -1.26. The first-order chi connectivity index (χ1) is 9.33. The maximum atomic E-state index is 10.3. The predicted octanol–water partition coefficient (Wildman–Crippen LogP) is 2.45. The van der Waals surface area contributed by atoms with Crippen LogP contribution in [-0.4, -0.2) is 31.0 Å². The Bertz CT molecular complexity index is 426. The molecule has 4 heteroatoms. The van der Waals surface area contributed by atoms with Crippen molar-refractivity contribution in [3.05, 3.63) is 23.8 Å². The third-order valence-corrected chi connectivity index (χ3v) is 3.71. The molecule has 1 saturated heterocycles. The highest BCUT2D eigenvalue weighted by molar-refractivity contribution is 5.44. The third-order valence-electron chi connectivity index (χ3n) is 3.71. The summed E-state index contributed by atoms with van der Waals surface area (Å²) < 4.78 is 16.7. The van der Waals surface area contributed by atoms with Gasteiger partial charge in [0.05, 0.1) is 12.2 Å². The maximum Gasteiger partial charge on any atom is 0.161 e. The highest BCUT2D eigenvalue weighted by Gasteiger charge is 2.21. The summed E-state index contributed by atoms with van der Waals surface area (Å²) in [4.78, 5) is 0. The summed E-state index contributed by atoms with van der Waals surface area (Å²) in [6.45, 7) is 1.97. The molecular formula is C15H20O4. The molecule has 0 spiro atoms. The lowest BCUT2D eigenvalue weighted by Gasteiger charge is -2.25. The lowest BCUT2D eigenvalue weighted by Crippen LogP contribution is -2.21. The first-order valence-corrected chi connectivity index (χ1v) is 7.02. The van der Waals surface area contributed by atoms with Gasteiger partial charge in [0.2, 0.25) is 0 Å². The number of benzene rings is 1. The van der Waals surface area contributed by atoms with E-state index in [1.807, 2.05) is 18.2 Å². The summed E-state index contributed by atoms with van der Waals surface area (Å²) >= 11 is 0. The fourth-order valence-electron chi connectivity index (χ4n) is 2.65. The highest BCUT2D eigenvalue weighted by atomic mass is 16.6. The van der Waals surface area contributed by atoms with Crippen molar-refractivity contribution in [2.75, 3.05) is 19.8 Å². The van der Waals surface area contributed by atoms with Crippen LogP contribution in [0, 0.1) is 0 Å². The van der Waals surface area contributed by atoms with E-state index in [0.717, 1.165) is 36.5 Å². The van der Waals surface area contributed by atoms with Crippen molar-refractivity contribution in [3.63, 3.8) is 0 Å². The summed E-state index contributed by atoms with van der Waals surface area (Å²) in [7, 11) is 0. The second-order valence-corrected chi connectivity index (χ2v) is 5.14. The SMILES string of the molecule is OC(CC1CCCCO1)c1ccc2c(c1)OCCO2. The monoisotopic (exact) mass is 264 g/mol. The normalized spacial score (nSPS) is 23.9. The van der Waals surface area contributed by atoms with Crippen molar-refractivity contribution in [2.45, 2.75) is 37.9 Å². The smallest absolute Gasteiger partial charge is 0.161 e. The van der Waals surface area contributed by atoms with Gasteiger partial charge in [0.25, 0.3) is 0 Å². The van der Waals surface area contributed by atoms with Gasteiger partial charge in [-0.15, -0.1) is 0 Å². The van der Waals surface area contributed by atoms with E-state index in [-0.39, 0.29) is 6.10 Å². The number of aliphatic hydroxyl groups excluding tert-OH is 1. The zero-order valence-electron chi connectivity index (χ0n) is 11.0. The molecule has 2 aliphatic heterocycles. The largest absolute Gasteiger partial charge is 0.486 e. The zero-order valence-corrected chi connectivity index (χ0v) is 11.0. The van der Waals surface area contributed by atoms with E-state index in [2.05, 4.69) is 0 Å². The molecule has 2 aliphatic rings. The molecule has 3 rings (SSSR count). The van der Waals surface area contributed by atoms with E-state index in [1.165, 1.54) is 6.42 Å². The van der Waals surface area contributed by atoms with E-state index in [9.17, 15) is 5.11 Å². The van der Waals surface area contributed by atoms with E-state index < -0.39 is 6.10 Å². The average molecular weight is 264 g/mol. The number of hydrogen-bond acceptors (Lipinski definition) is 4. The minimum absolute atomic E-state index is 0.178. The Morgan fingerprint density at radius 1 is 1.11 bits per heavy atom. The molecule has 2 atom stereocenters. The van der Waals surface area contributed by atoms with Gasteiger partial charge < -0.3 is 19.3 Å². The first kappa shape index (κ1) is 12.8. The molecule has 0 bridgehead atoms.